The summed E-state index contributed by atoms with van der Waals surface area (Å²) in [5.74, 6) is 0. The number of aryl methyl sites for hydroxylation is 1. The molecule has 0 aliphatic heterocycles. The summed E-state index contributed by atoms with van der Waals surface area (Å²) in [6, 6.07) is 5.04. The molecule has 1 unspecified atom stereocenters. The molecule has 3 N–H and O–H groups in total. The summed E-state index contributed by atoms with van der Waals surface area (Å²) in [5.41, 5.74) is 1.64. The van der Waals surface area contributed by atoms with Gasteiger partial charge in [-0.15, -0.1) is 0 Å². The number of urea groups is 1. The molecule has 0 fully saturated rings. The van der Waals surface area contributed by atoms with E-state index in [9.17, 15) is 9.90 Å². The van der Waals surface area contributed by atoms with Crippen molar-refractivity contribution in [2.75, 3.05) is 11.9 Å². The van der Waals surface area contributed by atoms with E-state index < -0.39 is 0 Å². The molecule has 0 saturated carbocycles. The molecule has 1 aromatic rings. The summed E-state index contributed by atoms with van der Waals surface area (Å²) in [7, 11) is 0. The quantitative estimate of drug-likeness (QED) is 0.770. The number of hydrogen-bond donors (Lipinski definition) is 3. The van der Waals surface area contributed by atoms with Crippen molar-refractivity contribution in [2.45, 2.75) is 32.8 Å². The van der Waals surface area contributed by atoms with Crippen LogP contribution in [0.3, 0.4) is 0 Å². The minimum atomic E-state index is -0.363. The average molecular weight is 271 g/mol. The molecule has 100 valence electrons. The molecule has 1 rings (SSSR count). The Morgan fingerprint density at radius 1 is 1.50 bits per heavy atom. The number of aliphatic hydroxyl groups excluding tert-OH is 1. The Kier molecular flexibility index (Phi) is 5.95. The first-order valence-corrected chi connectivity index (χ1v) is 6.39. The minimum absolute atomic E-state index is 0.288. The second-order valence-electron chi connectivity index (χ2n) is 4.19. The number of anilines is 1. The molecule has 0 saturated heterocycles. The smallest absolute Gasteiger partial charge is 0.319 e. The van der Waals surface area contributed by atoms with Gasteiger partial charge in [0.2, 0.25) is 0 Å². The zero-order valence-electron chi connectivity index (χ0n) is 10.7. The van der Waals surface area contributed by atoms with Gasteiger partial charge in [0.15, 0.2) is 0 Å². The van der Waals surface area contributed by atoms with Crippen LogP contribution in [0.2, 0.25) is 5.02 Å². The van der Waals surface area contributed by atoms with Crippen LogP contribution in [0, 0.1) is 6.92 Å². The maximum absolute atomic E-state index is 11.6. The molecule has 5 heteroatoms. The van der Waals surface area contributed by atoms with Gasteiger partial charge in [-0.3, -0.25) is 0 Å². The van der Waals surface area contributed by atoms with Gasteiger partial charge in [-0.25, -0.2) is 4.79 Å². The van der Waals surface area contributed by atoms with E-state index in [4.69, 9.17) is 11.6 Å². The number of carbonyl (C=O) groups excluding carboxylic acids is 1. The third kappa shape index (κ3) is 4.94. The monoisotopic (exact) mass is 270 g/mol. The van der Waals surface area contributed by atoms with E-state index in [1.54, 1.807) is 12.1 Å². The molecule has 0 heterocycles. The molecular formula is C13H19ClN2O2. The van der Waals surface area contributed by atoms with Crippen molar-refractivity contribution in [3.8, 4) is 0 Å². The van der Waals surface area contributed by atoms with Crippen molar-refractivity contribution in [3.05, 3.63) is 28.8 Å². The van der Waals surface area contributed by atoms with Gasteiger partial charge in [0.1, 0.15) is 0 Å². The van der Waals surface area contributed by atoms with Gasteiger partial charge >= 0.3 is 6.03 Å². The Bertz CT molecular complexity index is 410. The maximum Gasteiger partial charge on any atom is 0.319 e. The number of halogens is 1. The van der Waals surface area contributed by atoms with Crippen LogP contribution in [0.4, 0.5) is 10.5 Å². The fourth-order valence-corrected chi connectivity index (χ4v) is 1.62. The first-order chi connectivity index (χ1) is 8.52. The predicted molar refractivity (Wildman–Crippen MR) is 74.1 cm³/mol. The molecule has 0 aromatic heterocycles. The average Bonchev–Trinajstić information content (AvgIpc) is 2.33. The molecule has 4 nitrogen and oxygen atoms in total. The lowest BCUT2D eigenvalue weighted by molar-refractivity contribution is 0.160. The zero-order valence-corrected chi connectivity index (χ0v) is 11.4. The number of benzene rings is 1. The van der Waals surface area contributed by atoms with Crippen LogP contribution < -0.4 is 10.6 Å². The molecule has 1 atom stereocenters. The molecule has 0 bridgehead atoms. The second kappa shape index (κ2) is 7.24. The number of nitrogens with one attached hydrogen (secondary N) is 2. The summed E-state index contributed by atoms with van der Waals surface area (Å²) in [4.78, 5) is 11.6. The molecule has 1 aromatic carbocycles. The van der Waals surface area contributed by atoms with Crippen LogP contribution in [0.15, 0.2) is 18.2 Å². The molecule has 2 amide bonds. The van der Waals surface area contributed by atoms with Crippen molar-refractivity contribution >= 4 is 23.3 Å². The Hall–Kier alpha value is -1.26. The summed E-state index contributed by atoms with van der Waals surface area (Å²) in [5, 5.41) is 15.3. The predicted octanol–water partition coefficient (Wildman–Crippen LogP) is 2.93. The van der Waals surface area contributed by atoms with Gasteiger partial charge in [0.25, 0.3) is 0 Å². The third-order valence-electron chi connectivity index (χ3n) is 2.68. The van der Waals surface area contributed by atoms with Crippen molar-refractivity contribution in [1.29, 1.82) is 0 Å². The molecule has 0 aliphatic rings. The number of hydrogen-bond acceptors (Lipinski definition) is 2. The van der Waals surface area contributed by atoms with Crippen LogP contribution in [-0.4, -0.2) is 23.8 Å². The minimum Gasteiger partial charge on any atom is -0.393 e. The topological polar surface area (TPSA) is 61.4 Å². The van der Waals surface area contributed by atoms with Gasteiger partial charge in [0.05, 0.1) is 6.10 Å². The molecule has 0 spiro atoms. The van der Waals surface area contributed by atoms with E-state index in [1.165, 1.54) is 0 Å². The van der Waals surface area contributed by atoms with Crippen molar-refractivity contribution in [3.63, 3.8) is 0 Å². The molecule has 0 aliphatic carbocycles. The van der Waals surface area contributed by atoms with Gasteiger partial charge in [-0.1, -0.05) is 24.6 Å². The summed E-state index contributed by atoms with van der Waals surface area (Å²) in [6.07, 6.45) is 0.882. The van der Waals surface area contributed by atoms with Gasteiger partial charge in [-0.2, -0.15) is 0 Å². The fraction of sp³-hybridized carbons (Fsp3) is 0.462. The Morgan fingerprint density at radius 2 is 2.22 bits per heavy atom. The lowest BCUT2D eigenvalue weighted by atomic mass is 10.2. The molecule has 0 radical (unpaired) electrons. The van der Waals surface area contributed by atoms with Crippen LogP contribution in [0.5, 0.6) is 0 Å². The first-order valence-electron chi connectivity index (χ1n) is 6.02. The fourth-order valence-electron chi connectivity index (χ4n) is 1.45. The number of amides is 2. The molecular weight excluding hydrogens is 252 g/mol. The van der Waals surface area contributed by atoms with Crippen LogP contribution in [-0.2, 0) is 0 Å². The lowest BCUT2D eigenvalue weighted by Gasteiger charge is -2.11. The van der Waals surface area contributed by atoms with Crippen molar-refractivity contribution in [1.82, 2.24) is 5.32 Å². The standard InChI is InChI=1S/C13H19ClN2O2/c1-3-11(17)6-7-15-13(18)16-12-8-10(14)5-4-9(12)2/h4-5,8,11,17H,3,6-7H2,1-2H3,(H2,15,16,18). The number of aliphatic hydroxyl groups is 1. The maximum atomic E-state index is 11.6. The molecule has 18 heavy (non-hydrogen) atoms. The van der Waals surface area contributed by atoms with Crippen LogP contribution in [0.25, 0.3) is 0 Å². The van der Waals surface area contributed by atoms with Gasteiger partial charge in [-0.05, 0) is 37.5 Å². The highest BCUT2D eigenvalue weighted by atomic mass is 35.5. The Labute approximate surface area is 112 Å². The summed E-state index contributed by atoms with van der Waals surface area (Å²) < 4.78 is 0. The van der Waals surface area contributed by atoms with Gasteiger partial charge in [0, 0.05) is 17.3 Å². The number of rotatable bonds is 5. The first kappa shape index (κ1) is 14.8. The van der Waals surface area contributed by atoms with Crippen molar-refractivity contribution in [2.24, 2.45) is 0 Å². The van der Waals surface area contributed by atoms with Crippen LogP contribution in [0.1, 0.15) is 25.3 Å². The SMILES string of the molecule is CCC(O)CCNC(=O)Nc1cc(Cl)ccc1C. The third-order valence-corrected chi connectivity index (χ3v) is 2.92. The Morgan fingerprint density at radius 3 is 2.89 bits per heavy atom. The number of carbonyl (C=O) groups is 1. The van der Waals surface area contributed by atoms with Gasteiger partial charge < -0.3 is 15.7 Å². The van der Waals surface area contributed by atoms with E-state index in [-0.39, 0.29) is 12.1 Å². The Balaban J connectivity index is 2.42. The highest BCUT2D eigenvalue weighted by molar-refractivity contribution is 6.31. The lowest BCUT2D eigenvalue weighted by Crippen LogP contribution is -2.31. The van der Waals surface area contributed by atoms with Crippen molar-refractivity contribution < 1.29 is 9.90 Å². The van der Waals surface area contributed by atoms with Crippen LogP contribution >= 0.6 is 11.6 Å². The van der Waals surface area contributed by atoms with E-state index in [0.29, 0.717) is 30.1 Å². The summed E-state index contributed by atoms with van der Waals surface area (Å²) in [6.45, 7) is 4.24. The van der Waals surface area contributed by atoms with E-state index in [2.05, 4.69) is 10.6 Å². The van der Waals surface area contributed by atoms with E-state index >= 15 is 0 Å². The largest absolute Gasteiger partial charge is 0.393 e. The summed E-state index contributed by atoms with van der Waals surface area (Å²) >= 11 is 5.86. The normalized spacial score (nSPS) is 12.0. The highest BCUT2D eigenvalue weighted by Gasteiger charge is 2.06. The second-order valence-corrected chi connectivity index (χ2v) is 4.63. The highest BCUT2D eigenvalue weighted by Crippen LogP contribution is 2.19. The zero-order chi connectivity index (χ0) is 13.5. The van der Waals surface area contributed by atoms with E-state index in [0.717, 1.165) is 5.56 Å². The van der Waals surface area contributed by atoms with E-state index in [1.807, 2.05) is 19.9 Å².